The summed E-state index contributed by atoms with van der Waals surface area (Å²) in [5.41, 5.74) is 3.66. The monoisotopic (exact) mass is 559 g/mol. The molecule has 0 radical (unpaired) electrons. The number of methoxy groups -OCH3 is 1. The quantitative estimate of drug-likeness (QED) is 0.164. The van der Waals surface area contributed by atoms with Gasteiger partial charge in [0.25, 0.3) is 5.91 Å². The third kappa shape index (κ3) is 6.32. The maximum Gasteiger partial charge on any atom is 0.335 e. The second-order valence-electron chi connectivity index (χ2n) is 9.58. The molecule has 6 N–H and O–H groups in total. The van der Waals surface area contributed by atoms with Gasteiger partial charge in [0.05, 0.1) is 22.9 Å². The molecule has 0 aromatic heterocycles. The lowest BCUT2D eigenvalue weighted by Gasteiger charge is -2.38. The normalized spacial score (nSPS) is 28.0. The summed E-state index contributed by atoms with van der Waals surface area (Å²) < 4.78 is 16.0. The van der Waals surface area contributed by atoms with Crippen LogP contribution in [-0.2, 0) is 25.5 Å². The first-order valence-electron chi connectivity index (χ1n) is 12.6. The van der Waals surface area contributed by atoms with Gasteiger partial charge in [0.1, 0.15) is 24.1 Å². The van der Waals surface area contributed by atoms with Crippen molar-refractivity contribution in [2.24, 2.45) is 0 Å². The molecule has 2 saturated heterocycles. The van der Waals surface area contributed by atoms with Crippen LogP contribution >= 0.6 is 11.6 Å². The third-order valence-electron chi connectivity index (χ3n) is 7.01. The minimum absolute atomic E-state index is 0.0204. The number of nitrogens with one attached hydrogen (secondary N) is 2. The van der Waals surface area contributed by atoms with Gasteiger partial charge in [0.2, 0.25) is 6.29 Å². The number of carboxylic acids is 1. The van der Waals surface area contributed by atoms with Crippen molar-refractivity contribution in [1.82, 2.24) is 10.2 Å². The number of amides is 1. The first-order valence-corrected chi connectivity index (χ1v) is 12.9. The minimum atomic E-state index is -1.84. The zero-order valence-corrected chi connectivity index (χ0v) is 21.7. The number of rotatable bonds is 10. The number of carbonyl (C=O) groups excluding carboxylic acids is 1. The van der Waals surface area contributed by atoms with Gasteiger partial charge < -0.3 is 44.9 Å². The summed E-state index contributed by atoms with van der Waals surface area (Å²) in [7, 11) is 1.69. The Morgan fingerprint density at radius 1 is 1.18 bits per heavy atom. The van der Waals surface area contributed by atoms with Crippen LogP contribution in [0.4, 0.5) is 5.69 Å². The van der Waals surface area contributed by atoms with Crippen LogP contribution in [0, 0.1) is 0 Å². The Bertz CT molecular complexity index is 1010. The lowest BCUT2D eigenvalue weighted by molar-refractivity contribution is -0.287. The Morgan fingerprint density at radius 2 is 1.92 bits per heavy atom. The van der Waals surface area contributed by atoms with Crippen molar-refractivity contribution in [2.45, 2.75) is 62.4 Å². The highest BCUT2D eigenvalue weighted by molar-refractivity contribution is 6.34. The summed E-state index contributed by atoms with van der Waals surface area (Å²) in [6, 6.07) is 1.47. The number of halogens is 1. The van der Waals surface area contributed by atoms with Crippen LogP contribution in [-0.4, -0.2) is 114 Å². The predicted octanol–water partition coefficient (Wildman–Crippen LogP) is -0.259. The molecule has 0 saturated carbocycles. The molecule has 1 aromatic carbocycles. The van der Waals surface area contributed by atoms with E-state index < -0.39 is 36.7 Å². The first-order chi connectivity index (χ1) is 18.2. The lowest BCUT2D eigenvalue weighted by Crippen LogP contribution is -2.60. The molecular weight excluding hydrogens is 526 g/mol. The molecule has 2 fully saturated rings. The molecule has 5 unspecified atom stereocenters. The lowest BCUT2D eigenvalue weighted by atomic mass is 9.99. The second-order valence-corrected chi connectivity index (χ2v) is 9.99. The average molecular weight is 560 g/mol. The fraction of sp³-hybridized carbons (Fsp3) is 0.667. The highest BCUT2D eigenvalue weighted by Gasteiger charge is 2.48. The Labute approximate surface area is 224 Å². The average Bonchev–Trinajstić information content (AvgIpc) is 3.38. The number of benzene rings is 1. The summed E-state index contributed by atoms with van der Waals surface area (Å²) in [5.74, 6) is -1.49. The number of aliphatic hydroxyl groups is 3. The topological polar surface area (TPSA) is 179 Å². The fourth-order valence-corrected chi connectivity index (χ4v) is 5.15. The number of nitrogens with zero attached hydrogens (tertiary/aromatic N) is 1. The number of carboxylic acid groups (broad SMARTS) is 1. The van der Waals surface area contributed by atoms with E-state index in [9.17, 15) is 30.0 Å². The van der Waals surface area contributed by atoms with E-state index in [4.69, 9.17) is 30.6 Å². The van der Waals surface area contributed by atoms with Crippen LogP contribution < -0.4 is 15.5 Å². The molecule has 14 heteroatoms. The van der Waals surface area contributed by atoms with Crippen molar-refractivity contribution in [2.75, 3.05) is 45.4 Å². The highest BCUT2D eigenvalue weighted by Crippen LogP contribution is 2.41. The van der Waals surface area contributed by atoms with Gasteiger partial charge in [-0.15, -0.1) is 0 Å². The zero-order chi connectivity index (χ0) is 27.4. The molecule has 0 bridgehead atoms. The number of likely N-dealkylation sites (tertiary alicyclic amines) is 1. The standard InChI is InChI=1S/C24H34ClN3O10/c1-35-9-2-6-28-7-3-12(4-8-28)26-22(32)14-11-15(25)16(13-5-10-36-20(13)14)27-38-24-19(31)17(29)18(30)21(37-24)23(33)34/h11-12,17-19,21,24,27,29-31H,2-10H2,1H3,(H,26,32)(H,33,34). The number of hydrogen-bond acceptors (Lipinski definition) is 11. The third-order valence-corrected chi connectivity index (χ3v) is 7.31. The van der Waals surface area contributed by atoms with Crippen molar-refractivity contribution >= 4 is 29.2 Å². The number of piperidine rings is 1. The summed E-state index contributed by atoms with van der Waals surface area (Å²) >= 11 is 6.48. The number of fused-ring (bicyclic) bond motifs is 1. The summed E-state index contributed by atoms with van der Waals surface area (Å²) in [6.07, 6.45) is -5.82. The van der Waals surface area contributed by atoms with Crippen LogP contribution in [0.15, 0.2) is 6.07 Å². The molecule has 5 atom stereocenters. The van der Waals surface area contributed by atoms with Crippen LogP contribution in [0.2, 0.25) is 5.02 Å². The van der Waals surface area contributed by atoms with Gasteiger partial charge in [0, 0.05) is 51.4 Å². The van der Waals surface area contributed by atoms with Crippen LogP contribution in [0.3, 0.4) is 0 Å². The molecule has 0 aliphatic carbocycles. The summed E-state index contributed by atoms with van der Waals surface area (Å²) in [5, 5.41) is 42.4. The van der Waals surface area contributed by atoms with Crippen molar-refractivity contribution in [3.8, 4) is 5.75 Å². The number of aliphatic hydroxyl groups excluding tert-OH is 3. The van der Waals surface area contributed by atoms with E-state index >= 15 is 0 Å². The fourth-order valence-electron chi connectivity index (χ4n) is 4.89. The van der Waals surface area contributed by atoms with Gasteiger partial charge in [-0.1, -0.05) is 11.6 Å². The summed E-state index contributed by atoms with van der Waals surface area (Å²) in [6.45, 7) is 3.75. The zero-order valence-electron chi connectivity index (χ0n) is 21.0. The number of carbonyl (C=O) groups is 2. The Morgan fingerprint density at radius 3 is 2.61 bits per heavy atom. The van der Waals surface area contributed by atoms with Crippen LogP contribution in [0.1, 0.15) is 35.2 Å². The van der Waals surface area contributed by atoms with Gasteiger partial charge in [0.15, 0.2) is 6.10 Å². The molecule has 3 aliphatic rings. The van der Waals surface area contributed by atoms with E-state index in [1.807, 2.05) is 0 Å². The van der Waals surface area contributed by atoms with E-state index in [1.54, 1.807) is 7.11 Å². The van der Waals surface area contributed by atoms with Gasteiger partial charge in [-0.05, 0) is 25.3 Å². The minimum Gasteiger partial charge on any atom is -0.492 e. The molecule has 0 spiro atoms. The highest BCUT2D eigenvalue weighted by atomic mass is 35.5. The van der Waals surface area contributed by atoms with E-state index in [1.165, 1.54) is 6.07 Å². The van der Waals surface area contributed by atoms with Crippen molar-refractivity contribution in [1.29, 1.82) is 0 Å². The smallest absolute Gasteiger partial charge is 0.335 e. The number of hydrogen-bond donors (Lipinski definition) is 6. The van der Waals surface area contributed by atoms with Gasteiger partial charge >= 0.3 is 5.97 Å². The van der Waals surface area contributed by atoms with Crippen LogP contribution in [0.5, 0.6) is 5.75 Å². The van der Waals surface area contributed by atoms with Gasteiger partial charge in [-0.2, -0.15) is 0 Å². The van der Waals surface area contributed by atoms with Crippen LogP contribution in [0.25, 0.3) is 0 Å². The van der Waals surface area contributed by atoms with Gasteiger partial charge in [-0.25, -0.2) is 9.63 Å². The predicted molar refractivity (Wildman–Crippen MR) is 133 cm³/mol. The molecule has 1 aromatic rings. The Kier molecular flexibility index (Phi) is 9.65. The SMILES string of the molecule is COCCCN1CCC(NC(=O)c2cc(Cl)c(NOC3OC(C(=O)O)C(O)C(O)C3O)c3c2OCC3)CC1. The molecule has 38 heavy (non-hydrogen) atoms. The Balaban J connectivity index is 1.40. The van der Waals surface area contributed by atoms with Crippen molar-refractivity contribution in [3.05, 3.63) is 22.2 Å². The van der Waals surface area contributed by atoms with E-state index in [-0.39, 0.29) is 28.2 Å². The second kappa shape index (κ2) is 12.7. The van der Waals surface area contributed by atoms with E-state index in [2.05, 4.69) is 15.7 Å². The molecule has 3 heterocycles. The maximum absolute atomic E-state index is 13.2. The Hall–Kier alpha value is -2.23. The first kappa shape index (κ1) is 28.8. The summed E-state index contributed by atoms with van der Waals surface area (Å²) in [4.78, 5) is 32.2. The van der Waals surface area contributed by atoms with Crippen molar-refractivity contribution < 1.29 is 49.1 Å². The molecule has 4 rings (SSSR count). The molecule has 212 valence electrons. The molecule has 3 aliphatic heterocycles. The van der Waals surface area contributed by atoms with E-state index in [0.29, 0.717) is 24.3 Å². The number of aliphatic carboxylic acids is 1. The molecular formula is C24H34ClN3O10. The number of ether oxygens (including phenoxy) is 3. The van der Waals surface area contributed by atoms with Crippen molar-refractivity contribution in [3.63, 3.8) is 0 Å². The number of anilines is 1. The largest absolute Gasteiger partial charge is 0.492 e. The molecule has 13 nitrogen and oxygen atoms in total. The maximum atomic E-state index is 13.2. The van der Waals surface area contributed by atoms with E-state index in [0.717, 1.165) is 45.5 Å². The molecule has 1 amide bonds. The van der Waals surface area contributed by atoms with Gasteiger partial charge in [-0.3, -0.25) is 10.3 Å².